The van der Waals surface area contributed by atoms with Crippen LogP contribution in [0.2, 0.25) is 0 Å². The highest BCUT2D eigenvalue weighted by atomic mass is 16.5. The minimum absolute atomic E-state index is 0.0281. The average molecular weight is 146 g/mol. The summed E-state index contributed by atoms with van der Waals surface area (Å²) in [6, 6.07) is 0. The fourth-order valence-corrected chi connectivity index (χ4v) is 0.529. The standard InChI is InChI=1S/C7H14O3/c1-2-7(9)3-5-10-6-4-8/h8H,2-6H2,1H3. The van der Waals surface area contributed by atoms with Gasteiger partial charge in [-0.1, -0.05) is 6.92 Å². The van der Waals surface area contributed by atoms with Crippen molar-refractivity contribution in [2.45, 2.75) is 19.8 Å². The highest BCUT2D eigenvalue weighted by Crippen LogP contribution is 1.88. The van der Waals surface area contributed by atoms with Gasteiger partial charge in [-0.05, 0) is 0 Å². The fraction of sp³-hybridized carbons (Fsp3) is 0.857. The molecule has 0 saturated heterocycles. The molecule has 0 aromatic heterocycles. The van der Waals surface area contributed by atoms with Crippen LogP contribution in [0.4, 0.5) is 0 Å². The maximum absolute atomic E-state index is 10.6. The molecule has 0 rings (SSSR count). The molecule has 0 aromatic rings. The van der Waals surface area contributed by atoms with Crippen LogP contribution < -0.4 is 0 Å². The maximum atomic E-state index is 10.6. The van der Waals surface area contributed by atoms with Crippen LogP contribution in [0.5, 0.6) is 0 Å². The summed E-state index contributed by atoms with van der Waals surface area (Å²) in [6.07, 6.45) is 1.04. The zero-order valence-electron chi connectivity index (χ0n) is 6.30. The molecule has 0 fully saturated rings. The van der Waals surface area contributed by atoms with Crippen molar-refractivity contribution in [2.75, 3.05) is 19.8 Å². The summed E-state index contributed by atoms with van der Waals surface area (Å²) in [7, 11) is 0. The number of aliphatic hydroxyl groups excluding tert-OH is 1. The molecule has 60 valence electrons. The van der Waals surface area contributed by atoms with Gasteiger partial charge in [-0.2, -0.15) is 0 Å². The third-order valence-electron chi connectivity index (χ3n) is 1.16. The summed E-state index contributed by atoms with van der Waals surface area (Å²) in [5, 5.41) is 8.28. The second kappa shape index (κ2) is 6.71. The molecule has 0 aliphatic carbocycles. The van der Waals surface area contributed by atoms with Gasteiger partial charge in [0.15, 0.2) is 0 Å². The Morgan fingerprint density at radius 2 is 2.20 bits per heavy atom. The molecule has 0 spiro atoms. The van der Waals surface area contributed by atoms with E-state index in [1.807, 2.05) is 6.92 Å². The van der Waals surface area contributed by atoms with Crippen LogP contribution in [0.3, 0.4) is 0 Å². The van der Waals surface area contributed by atoms with E-state index < -0.39 is 0 Å². The van der Waals surface area contributed by atoms with Crippen molar-refractivity contribution in [2.24, 2.45) is 0 Å². The number of carbonyl (C=O) groups is 1. The first-order valence-corrected chi connectivity index (χ1v) is 3.51. The Bertz CT molecular complexity index is 90.9. The van der Waals surface area contributed by atoms with Crippen molar-refractivity contribution in [1.82, 2.24) is 0 Å². The average Bonchev–Trinajstić information content (AvgIpc) is 1.98. The smallest absolute Gasteiger partial charge is 0.134 e. The molecule has 0 unspecified atom stereocenters. The molecular weight excluding hydrogens is 132 g/mol. The first-order valence-electron chi connectivity index (χ1n) is 3.51. The molecule has 3 heteroatoms. The van der Waals surface area contributed by atoms with E-state index in [2.05, 4.69) is 0 Å². The second-order valence-corrected chi connectivity index (χ2v) is 1.98. The molecule has 0 radical (unpaired) electrons. The lowest BCUT2D eigenvalue weighted by molar-refractivity contribution is -0.119. The number of ether oxygens (including phenoxy) is 1. The highest BCUT2D eigenvalue weighted by Gasteiger charge is 1.96. The van der Waals surface area contributed by atoms with Gasteiger partial charge in [0.05, 0.1) is 19.8 Å². The highest BCUT2D eigenvalue weighted by molar-refractivity contribution is 5.78. The topological polar surface area (TPSA) is 46.5 Å². The van der Waals surface area contributed by atoms with Crippen LogP contribution >= 0.6 is 0 Å². The lowest BCUT2D eigenvalue weighted by Gasteiger charge is -1.98. The van der Waals surface area contributed by atoms with Gasteiger partial charge in [0.2, 0.25) is 0 Å². The van der Waals surface area contributed by atoms with E-state index in [9.17, 15) is 4.79 Å². The van der Waals surface area contributed by atoms with E-state index >= 15 is 0 Å². The van der Waals surface area contributed by atoms with Gasteiger partial charge in [0, 0.05) is 12.8 Å². The van der Waals surface area contributed by atoms with E-state index in [1.54, 1.807) is 0 Å². The largest absolute Gasteiger partial charge is 0.394 e. The molecule has 0 atom stereocenters. The summed E-state index contributed by atoms with van der Waals surface area (Å²) >= 11 is 0. The third-order valence-corrected chi connectivity index (χ3v) is 1.16. The fourth-order valence-electron chi connectivity index (χ4n) is 0.529. The van der Waals surface area contributed by atoms with Gasteiger partial charge in [-0.15, -0.1) is 0 Å². The van der Waals surface area contributed by atoms with Gasteiger partial charge < -0.3 is 9.84 Å². The molecule has 0 bridgehead atoms. The van der Waals surface area contributed by atoms with Crippen LogP contribution in [-0.2, 0) is 9.53 Å². The predicted octanol–water partition coefficient (Wildman–Crippen LogP) is 0.364. The Labute approximate surface area is 61.0 Å². The monoisotopic (exact) mass is 146 g/mol. The zero-order chi connectivity index (χ0) is 7.82. The van der Waals surface area contributed by atoms with E-state index in [4.69, 9.17) is 9.84 Å². The molecule has 0 aliphatic heterocycles. The Kier molecular flexibility index (Phi) is 6.43. The molecule has 0 aromatic carbocycles. The predicted molar refractivity (Wildman–Crippen MR) is 37.8 cm³/mol. The third kappa shape index (κ3) is 5.72. The SMILES string of the molecule is CCC(=O)CCOCCO. The van der Waals surface area contributed by atoms with E-state index in [0.717, 1.165) is 0 Å². The number of Topliss-reactive ketones (excluding diaryl/α,β-unsaturated/α-hetero) is 1. The van der Waals surface area contributed by atoms with Crippen molar-refractivity contribution < 1.29 is 14.6 Å². The van der Waals surface area contributed by atoms with Crippen LogP contribution in [0, 0.1) is 0 Å². The van der Waals surface area contributed by atoms with Crippen molar-refractivity contribution >= 4 is 5.78 Å². The number of hydrogen-bond acceptors (Lipinski definition) is 3. The quantitative estimate of drug-likeness (QED) is 0.550. The lowest BCUT2D eigenvalue weighted by Crippen LogP contribution is -2.05. The second-order valence-electron chi connectivity index (χ2n) is 1.98. The molecule has 0 heterocycles. The Morgan fingerprint density at radius 3 is 2.70 bits per heavy atom. The summed E-state index contributed by atoms with van der Waals surface area (Å²) in [5.41, 5.74) is 0. The molecule has 0 aliphatic rings. The number of carbonyl (C=O) groups excluding carboxylic acids is 1. The molecular formula is C7H14O3. The van der Waals surface area contributed by atoms with E-state index in [1.165, 1.54) is 0 Å². The zero-order valence-corrected chi connectivity index (χ0v) is 6.30. The Hall–Kier alpha value is -0.410. The van der Waals surface area contributed by atoms with Gasteiger partial charge in [0.25, 0.3) is 0 Å². The van der Waals surface area contributed by atoms with Crippen molar-refractivity contribution in [3.05, 3.63) is 0 Å². The van der Waals surface area contributed by atoms with Crippen LogP contribution in [-0.4, -0.2) is 30.7 Å². The van der Waals surface area contributed by atoms with Gasteiger partial charge >= 0.3 is 0 Å². The van der Waals surface area contributed by atoms with Crippen LogP contribution in [0.1, 0.15) is 19.8 Å². The molecule has 0 saturated carbocycles. The summed E-state index contributed by atoms with van der Waals surface area (Å²) in [4.78, 5) is 10.6. The summed E-state index contributed by atoms with van der Waals surface area (Å²) in [6.45, 7) is 2.62. The lowest BCUT2D eigenvalue weighted by atomic mass is 10.2. The number of ketones is 1. The first-order chi connectivity index (χ1) is 4.81. The van der Waals surface area contributed by atoms with Crippen molar-refractivity contribution in [3.63, 3.8) is 0 Å². The normalized spacial score (nSPS) is 9.80. The Morgan fingerprint density at radius 1 is 1.50 bits per heavy atom. The van der Waals surface area contributed by atoms with Crippen molar-refractivity contribution in [1.29, 1.82) is 0 Å². The van der Waals surface area contributed by atoms with Gasteiger partial charge in [-0.25, -0.2) is 0 Å². The van der Waals surface area contributed by atoms with Crippen LogP contribution in [0.15, 0.2) is 0 Å². The summed E-state index contributed by atoms with van der Waals surface area (Å²) in [5.74, 6) is 0.206. The molecule has 0 amide bonds. The van der Waals surface area contributed by atoms with E-state index in [-0.39, 0.29) is 12.4 Å². The molecule has 3 nitrogen and oxygen atoms in total. The van der Waals surface area contributed by atoms with Gasteiger partial charge in [0.1, 0.15) is 5.78 Å². The number of aliphatic hydroxyl groups is 1. The number of rotatable bonds is 6. The van der Waals surface area contributed by atoms with Crippen LogP contribution in [0.25, 0.3) is 0 Å². The maximum Gasteiger partial charge on any atom is 0.134 e. The first kappa shape index (κ1) is 9.59. The molecule has 10 heavy (non-hydrogen) atoms. The Balaban J connectivity index is 2.96. The van der Waals surface area contributed by atoms with Gasteiger partial charge in [-0.3, -0.25) is 4.79 Å². The summed E-state index contributed by atoms with van der Waals surface area (Å²) < 4.78 is 4.88. The van der Waals surface area contributed by atoms with Crippen molar-refractivity contribution in [3.8, 4) is 0 Å². The molecule has 1 N–H and O–H groups in total. The van der Waals surface area contributed by atoms with E-state index in [0.29, 0.717) is 26.1 Å². The minimum atomic E-state index is 0.0281. The number of hydrogen-bond donors (Lipinski definition) is 1. The minimum Gasteiger partial charge on any atom is -0.394 e.